The topological polar surface area (TPSA) is 42.4 Å². The molecule has 4 heteroatoms. The highest BCUT2D eigenvalue weighted by Crippen LogP contribution is 2.38. The van der Waals surface area contributed by atoms with E-state index < -0.39 is 0 Å². The molecule has 1 unspecified atom stereocenters. The molecule has 3 heterocycles. The molecule has 136 valence electrons. The third kappa shape index (κ3) is 2.68. The molecule has 0 bridgehead atoms. The van der Waals surface area contributed by atoms with Crippen LogP contribution in [-0.2, 0) is 6.54 Å². The summed E-state index contributed by atoms with van der Waals surface area (Å²) in [6.07, 6.45) is 0. The molecule has 27 heavy (non-hydrogen) atoms. The summed E-state index contributed by atoms with van der Waals surface area (Å²) in [4.78, 5) is 2.36. The Bertz CT molecular complexity index is 1090. The van der Waals surface area contributed by atoms with E-state index in [-0.39, 0.29) is 5.92 Å². The summed E-state index contributed by atoms with van der Waals surface area (Å²) < 4.78 is 11.6. The summed E-state index contributed by atoms with van der Waals surface area (Å²) in [5.74, 6) is 2.14. The number of rotatable bonds is 2. The lowest BCUT2D eigenvalue weighted by molar-refractivity contribution is 0.282. The third-order valence-electron chi connectivity index (χ3n) is 5.56. The summed E-state index contributed by atoms with van der Waals surface area (Å²) in [5.41, 5.74) is 6.85. The Morgan fingerprint density at radius 1 is 1.07 bits per heavy atom. The molecule has 2 aromatic carbocycles. The number of likely N-dealkylation sites (N-methyl/N-ethyl adjacent to an activating group) is 1. The maximum absolute atomic E-state index is 6.20. The quantitative estimate of drug-likeness (QED) is 0.489. The lowest BCUT2D eigenvalue weighted by Crippen LogP contribution is -2.30. The van der Waals surface area contributed by atoms with Gasteiger partial charge >= 0.3 is 0 Å². The molecule has 0 amide bonds. The molecule has 0 saturated heterocycles. The van der Waals surface area contributed by atoms with Gasteiger partial charge in [0.05, 0.1) is 11.6 Å². The van der Waals surface area contributed by atoms with Gasteiger partial charge < -0.3 is 13.8 Å². The van der Waals surface area contributed by atoms with Gasteiger partial charge in [0.2, 0.25) is 0 Å². The van der Waals surface area contributed by atoms with E-state index in [9.17, 15) is 0 Å². The maximum atomic E-state index is 6.20. The van der Waals surface area contributed by atoms with Crippen molar-refractivity contribution in [2.75, 3.05) is 13.6 Å². The molecular formula is C23H22N2O2. The number of para-hydroxylation sites is 1. The first-order valence-corrected chi connectivity index (χ1v) is 9.33. The molecule has 1 aliphatic heterocycles. The fraction of sp³-hybridized carbons (Fsp3) is 0.261. The van der Waals surface area contributed by atoms with Crippen LogP contribution in [0.2, 0.25) is 0 Å². The number of fused-ring (bicyclic) bond motifs is 2. The minimum Gasteiger partial charge on any atom is -0.460 e. The molecule has 0 fully saturated rings. The van der Waals surface area contributed by atoms with E-state index in [0.29, 0.717) is 0 Å². The average Bonchev–Trinajstić information content (AvgIpc) is 3.23. The Morgan fingerprint density at radius 2 is 1.93 bits per heavy atom. The largest absolute Gasteiger partial charge is 0.460 e. The maximum Gasteiger partial charge on any atom is 0.141 e. The van der Waals surface area contributed by atoms with E-state index in [2.05, 4.69) is 53.5 Å². The van der Waals surface area contributed by atoms with Crippen molar-refractivity contribution in [3.05, 3.63) is 76.9 Å². The second kappa shape index (κ2) is 6.10. The third-order valence-corrected chi connectivity index (χ3v) is 5.56. The summed E-state index contributed by atoms with van der Waals surface area (Å²) >= 11 is 0. The van der Waals surface area contributed by atoms with E-state index in [1.807, 2.05) is 26.0 Å². The Kier molecular flexibility index (Phi) is 3.69. The van der Waals surface area contributed by atoms with Crippen molar-refractivity contribution in [1.82, 2.24) is 10.1 Å². The molecule has 0 saturated carbocycles. The van der Waals surface area contributed by atoms with Gasteiger partial charge in [-0.3, -0.25) is 0 Å². The molecule has 0 N–H and O–H groups in total. The van der Waals surface area contributed by atoms with Gasteiger partial charge in [0.15, 0.2) is 0 Å². The second-order valence-corrected chi connectivity index (χ2v) is 7.55. The van der Waals surface area contributed by atoms with Crippen LogP contribution >= 0.6 is 0 Å². The van der Waals surface area contributed by atoms with Crippen LogP contribution in [0.1, 0.15) is 34.3 Å². The Labute approximate surface area is 158 Å². The number of nitrogens with zero attached hydrogens (tertiary/aromatic N) is 2. The van der Waals surface area contributed by atoms with Crippen LogP contribution in [0.4, 0.5) is 0 Å². The smallest absolute Gasteiger partial charge is 0.141 e. The molecule has 2 aromatic heterocycles. The monoisotopic (exact) mass is 358 g/mol. The van der Waals surface area contributed by atoms with Crippen LogP contribution in [-0.4, -0.2) is 23.6 Å². The number of hydrogen-bond donors (Lipinski definition) is 0. The van der Waals surface area contributed by atoms with E-state index in [1.54, 1.807) is 0 Å². The normalized spacial score (nSPS) is 17.4. The Hall–Kier alpha value is -2.85. The second-order valence-electron chi connectivity index (χ2n) is 7.55. The number of aromatic nitrogens is 1. The number of hydrogen-bond acceptors (Lipinski definition) is 4. The van der Waals surface area contributed by atoms with Crippen molar-refractivity contribution < 1.29 is 8.94 Å². The van der Waals surface area contributed by atoms with Crippen molar-refractivity contribution in [2.45, 2.75) is 26.3 Å². The van der Waals surface area contributed by atoms with Gasteiger partial charge in [-0.15, -0.1) is 0 Å². The molecule has 5 rings (SSSR count). The van der Waals surface area contributed by atoms with Crippen LogP contribution in [0.5, 0.6) is 0 Å². The van der Waals surface area contributed by atoms with Crippen LogP contribution in [0.15, 0.2) is 57.5 Å². The predicted molar refractivity (Wildman–Crippen MR) is 106 cm³/mol. The van der Waals surface area contributed by atoms with Gasteiger partial charge in [-0.05, 0) is 55.8 Å². The first-order valence-electron chi connectivity index (χ1n) is 9.33. The van der Waals surface area contributed by atoms with Crippen LogP contribution < -0.4 is 0 Å². The average molecular weight is 358 g/mol. The molecule has 0 aliphatic carbocycles. The van der Waals surface area contributed by atoms with Gasteiger partial charge in [0.1, 0.15) is 17.1 Å². The van der Waals surface area contributed by atoms with Crippen molar-refractivity contribution in [2.24, 2.45) is 0 Å². The van der Waals surface area contributed by atoms with Gasteiger partial charge in [-0.2, -0.15) is 0 Å². The van der Waals surface area contributed by atoms with Gasteiger partial charge in [0, 0.05) is 24.0 Å². The zero-order valence-corrected chi connectivity index (χ0v) is 15.8. The van der Waals surface area contributed by atoms with E-state index >= 15 is 0 Å². The number of aryl methyl sites for hydroxylation is 2. The van der Waals surface area contributed by atoms with Gasteiger partial charge in [0.25, 0.3) is 0 Å². The number of furan rings is 1. The summed E-state index contributed by atoms with van der Waals surface area (Å²) in [6, 6.07) is 17.1. The van der Waals surface area contributed by atoms with Crippen LogP contribution in [0.25, 0.3) is 22.1 Å². The lowest BCUT2D eigenvalue weighted by Gasteiger charge is -2.31. The van der Waals surface area contributed by atoms with E-state index in [4.69, 9.17) is 8.94 Å². The van der Waals surface area contributed by atoms with Gasteiger partial charge in [-0.1, -0.05) is 35.5 Å². The standard InChI is InChI=1S/C23H22N2O2/c1-14-23(15(2)27-24-14)17-8-9-19-18(10-17)12-25(3)13-20(19)22-11-16-6-4-5-7-21(16)26-22/h4-11,20H,12-13H2,1-3H3. The molecule has 1 atom stereocenters. The van der Waals surface area contributed by atoms with E-state index in [0.717, 1.165) is 46.8 Å². The van der Waals surface area contributed by atoms with Crippen molar-refractivity contribution in [3.63, 3.8) is 0 Å². The predicted octanol–water partition coefficient (Wildman–Crippen LogP) is 5.28. The SMILES string of the molecule is Cc1noc(C)c1-c1ccc2c(c1)CN(C)CC2c1cc2ccccc2o1. The minimum atomic E-state index is 0.241. The van der Waals surface area contributed by atoms with Crippen LogP contribution in [0, 0.1) is 13.8 Å². The first-order chi connectivity index (χ1) is 13.1. The van der Waals surface area contributed by atoms with Crippen molar-refractivity contribution in [1.29, 1.82) is 0 Å². The molecule has 4 aromatic rings. The molecular weight excluding hydrogens is 336 g/mol. The van der Waals surface area contributed by atoms with Gasteiger partial charge in [-0.25, -0.2) is 0 Å². The summed E-state index contributed by atoms with van der Waals surface area (Å²) in [6.45, 7) is 5.85. The highest BCUT2D eigenvalue weighted by atomic mass is 16.5. The van der Waals surface area contributed by atoms with Crippen molar-refractivity contribution in [3.8, 4) is 11.1 Å². The fourth-order valence-electron chi connectivity index (χ4n) is 4.32. The molecule has 4 nitrogen and oxygen atoms in total. The number of benzene rings is 2. The zero-order valence-electron chi connectivity index (χ0n) is 15.8. The first kappa shape index (κ1) is 16.3. The summed E-state index contributed by atoms with van der Waals surface area (Å²) in [7, 11) is 2.17. The lowest BCUT2D eigenvalue weighted by atomic mass is 9.86. The Morgan fingerprint density at radius 3 is 2.70 bits per heavy atom. The highest BCUT2D eigenvalue weighted by molar-refractivity contribution is 5.78. The van der Waals surface area contributed by atoms with Crippen molar-refractivity contribution >= 4 is 11.0 Å². The molecule has 0 spiro atoms. The zero-order chi connectivity index (χ0) is 18.5. The minimum absolute atomic E-state index is 0.241. The Balaban J connectivity index is 1.61. The van der Waals surface area contributed by atoms with E-state index in [1.165, 1.54) is 16.7 Å². The molecule has 0 radical (unpaired) electrons. The molecule has 1 aliphatic rings. The summed E-state index contributed by atoms with van der Waals surface area (Å²) in [5, 5.41) is 5.27. The van der Waals surface area contributed by atoms with Crippen LogP contribution in [0.3, 0.4) is 0 Å². The fourth-order valence-corrected chi connectivity index (χ4v) is 4.32. The highest BCUT2D eigenvalue weighted by Gasteiger charge is 2.28.